The molecule has 0 unspecified atom stereocenters. The number of aryl methyl sites for hydroxylation is 1. The first-order valence-corrected chi connectivity index (χ1v) is 18.9. The van der Waals surface area contributed by atoms with Crippen LogP contribution in [0.25, 0.3) is 11.5 Å². The van der Waals surface area contributed by atoms with Crippen molar-refractivity contribution in [1.29, 1.82) is 0 Å². The van der Waals surface area contributed by atoms with Crippen molar-refractivity contribution >= 4 is 17.7 Å². The molecular formula is C39H67N5O6. The van der Waals surface area contributed by atoms with Crippen molar-refractivity contribution in [3.63, 3.8) is 0 Å². The van der Waals surface area contributed by atoms with Gasteiger partial charge in [0.05, 0.1) is 37.7 Å². The minimum absolute atomic E-state index is 0. The molecule has 2 aromatic rings. The molecule has 0 saturated carbocycles. The maximum absolute atomic E-state index is 12.3. The Bertz CT molecular complexity index is 1330. The van der Waals surface area contributed by atoms with Gasteiger partial charge in [0, 0.05) is 48.3 Å². The van der Waals surface area contributed by atoms with Crippen LogP contribution in [0.3, 0.4) is 0 Å². The number of carbonyl (C=O) groups excluding carboxylic acids is 3. The van der Waals surface area contributed by atoms with E-state index in [1.165, 1.54) is 70.6 Å². The zero-order valence-corrected chi connectivity index (χ0v) is 31.0. The molecule has 3 N–H and O–H groups in total. The number of hydrogen-bond acceptors (Lipinski definition) is 8. The number of hydrogen-bond donors (Lipinski definition) is 3. The van der Waals surface area contributed by atoms with Crippen molar-refractivity contribution in [3.05, 3.63) is 52.7 Å². The highest BCUT2D eigenvalue weighted by Crippen LogP contribution is 2.19. The zero-order valence-electron chi connectivity index (χ0n) is 31.0. The van der Waals surface area contributed by atoms with Crippen LogP contribution in [-0.4, -0.2) is 67.4 Å². The molecule has 0 saturated heterocycles. The maximum atomic E-state index is 12.3. The summed E-state index contributed by atoms with van der Waals surface area (Å²) in [5.74, 6) is 0.502. The third-order valence-electron chi connectivity index (χ3n) is 8.08. The predicted octanol–water partition coefficient (Wildman–Crippen LogP) is 8.10. The first kappa shape index (κ1) is 42.4. The lowest BCUT2D eigenvalue weighted by atomic mass is 10.0. The van der Waals surface area contributed by atoms with Gasteiger partial charge in [-0.2, -0.15) is 0 Å². The van der Waals surface area contributed by atoms with Crippen LogP contribution in [0.1, 0.15) is 138 Å². The summed E-state index contributed by atoms with van der Waals surface area (Å²) in [4.78, 5) is 36.8. The van der Waals surface area contributed by atoms with Crippen LogP contribution < -0.4 is 16.0 Å². The summed E-state index contributed by atoms with van der Waals surface area (Å²) >= 11 is 0. The zero-order chi connectivity index (χ0) is 36.2. The van der Waals surface area contributed by atoms with E-state index in [2.05, 4.69) is 38.8 Å². The minimum Gasteiger partial charge on any atom is -0.421 e. The summed E-state index contributed by atoms with van der Waals surface area (Å²) in [7, 11) is 0. The number of nitrogens with one attached hydrogen (secondary N) is 3. The quantitative estimate of drug-likeness (QED) is 0.0626. The minimum atomic E-state index is -0.199. The number of ether oxygens (including phenoxy) is 2. The molecule has 3 rings (SSSR count). The fourth-order valence-corrected chi connectivity index (χ4v) is 5.27. The number of aromatic nitrogens is 2. The first-order chi connectivity index (χ1) is 24.5. The van der Waals surface area contributed by atoms with Crippen LogP contribution in [0.4, 0.5) is 0 Å². The summed E-state index contributed by atoms with van der Waals surface area (Å²) in [6, 6.07) is 6.93. The Balaban J connectivity index is 0. The first-order valence-electron chi connectivity index (χ1n) is 18.9. The number of benzene rings is 1. The third-order valence-corrected chi connectivity index (χ3v) is 8.08. The summed E-state index contributed by atoms with van der Waals surface area (Å²) in [6.45, 7) is 10.2. The van der Waals surface area contributed by atoms with Crippen LogP contribution in [0.5, 0.6) is 0 Å². The van der Waals surface area contributed by atoms with E-state index < -0.39 is 0 Å². The highest BCUT2D eigenvalue weighted by Gasteiger charge is 2.19. The molecule has 0 spiro atoms. The van der Waals surface area contributed by atoms with Crippen molar-refractivity contribution < 1.29 is 32.6 Å². The second kappa shape index (κ2) is 27.0. The van der Waals surface area contributed by atoms with Gasteiger partial charge in [0.2, 0.25) is 17.7 Å². The molecule has 1 aromatic carbocycles. The number of unbranched alkanes of at least 4 members (excludes halogenated alkanes) is 12. The SMILES string of the molecule is CC.CCCCCCCCCCCCCCCC(=O)NC1=C=C(C(=O)NCCOCCOCCNC(=O)c2ccc(-c3nnc(C)o3)cc2)C1.[HH].[HH].[HH]. The van der Waals surface area contributed by atoms with Gasteiger partial charge in [-0.15, -0.1) is 10.2 Å². The van der Waals surface area contributed by atoms with E-state index in [9.17, 15) is 14.4 Å². The fraction of sp³-hybridized carbons (Fsp3) is 0.641. The van der Waals surface area contributed by atoms with Crippen molar-refractivity contribution in [3.8, 4) is 11.5 Å². The third kappa shape index (κ3) is 18.3. The van der Waals surface area contributed by atoms with Gasteiger partial charge in [-0.1, -0.05) is 104 Å². The monoisotopic (exact) mass is 702 g/mol. The van der Waals surface area contributed by atoms with E-state index in [1.807, 2.05) is 13.8 Å². The van der Waals surface area contributed by atoms with Crippen LogP contribution in [0.15, 0.2) is 45.7 Å². The lowest BCUT2D eigenvalue weighted by Crippen LogP contribution is -2.33. The number of carbonyl (C=O) groups is 3. The van der Waals surface area contributed by atoms with Gasteiger partial charge in [0.1, 0.15) is 0 Å². The van der Waals surface area contributed by atoms with Crippen molar-refractivity contribution in [2.45, 2.75) is 124 Å². The molecule has 1 aliphatic carbocycles. The molecule has 0 bridgehead atoms. The molecule has 0 aliphatic heterocycles. The smallest absolute Gasteiger partial charge is 0.255 e. The van der Waals surface area contributed by atoms with Gasteiger partial charge in [0.15, 0.2) is 0 Å². The average molecular weight is 702 g/mol. The van der Waals surface area contributed by atoms with Crippen LogP contribution >= 0.6 is 0 Å². The summed E-state index contributed by atoms with van der Waals surface area (Å²) in [5, 5.41) is 16.3. The van der Waals surface area contributed by atoms with Gasteiger partial charge in [-0.3, -0.25) is 14.4 Å². The largest absolute Gasteiger partial charge is 0.421 e. The lowest BCUT2D eigenvalue weighted by Gasteiger charge is -2.16. The number of nitrogens with zero attached hydrogens (tertiary/aromatic N) is 2. The molecule has 1 aliphatic rings. The standard InChI is InChI=1S/C37H55N5O6.C2H6.3H2/c1-3-4-5-6-7-8-9-10-11-12-13-14-15-16-34(43)40-33-27-32(28-33)36(45)39-22-24-47-26-25-46-23-21-38-35(44)30-17-19-31(20-18-30)37-42-41-29(2)48-37;1-2;;;/h17-20H,3-16,21-27H2,1-2H3,(H,38,44)(H,39,45)(H,40,43);1-2H3;3*1H. The Labute approximate surface area is 303 Å². The summed E-state index contributed by atoms with van der Waals surface area (Å²) < 4.78 is 16.4. The normalized spacial score (nSPS) is 11.8. The van der Waals surface area contributed by atoms with E-state index in [4.69, 9.17) is 13.9 Å². The highest BCUT2D eigenvalue weighted by molar-refractivity contribution is 5.96. The molecule has 0 fully saturated rings. The lowest BCUT2D eigenvalue weighted by molar-refractivity contribution is -0.121. The van der Waals surface area contributed by atoms with Crippen molar-refractivity contribution in [2.75, 3.05) is 39.5 Å². The van der Waals surface area contributed by atoms with Crippen molar-refractivity contribution in [1.82, 2.24) is 26.1 Å². The second-order valence-electron chi connectivity index (χ2n) is 12.2. The van der Waals surface area contributed by atoms with E-state index in [-0.39, 0.29) is 22.0 Å². The highest BCUT2D eigenvalue weighted by atomic mass is 16.5. The average Bonchev–Trinajstić information content (AvgIpc) is 3.55. The molecule has 284 valence electrons. The molecule has 11 heteroatoms. The van der Waals surface area contributed by atoms with E-state index in [0.29, 0.717) is 81.0 Å². The Morgan fingerprint density at radius 1 is 0.760 bits per heavy atom. The summed E-state index contributed by atoms with van der Waals surface area (Å²) in [6.07, 6.45) is 17.6. The maximum Gasteiger partial charge on any atom is 0.255 e. The molecule has 1 heterocycles. The Morgan fingerprint density at radius 3 is 1.80 bits per heavy atom. The molecule has 0 radical (unpaired) electrons. The molecule has 1 aromatic heterocycles. The van der Waals surface area contributed by atoms with Crippen LogP contribution in [-0.2, 0) is 19.1 Å². The second-order valence-corrected chi connectivity index (χ2v) is 12.2. The van der Waals surface area contributed by atoms with E-state index in [1.54, 1.807) is 31.2 Å². The fourth-order valence-electron chi connectivity index (χ4n) is 5.27. The van der Waals surface area contributed by atoms with Gasteiger partial charge in [-0.05, 0) is 30.7 Å². The predicted molar refractivity (Wildman–Crippen MR) is 203 cm³/mol. The van der Waals surface area contributed by atoms with Gasteiger partial charge in [-0.25, -0.2) is 0 Å². The van der Waals surface area contributed by atoms with Gasteiger partial charge < -0.3 is 29.8 Å². The van der Waals surface area contributed by atoms with E-state index >= 15 is 0 Å². The number of rotatable bonds is 27. The van der Waals surface area contributed by atoms with E-state index in [0.717, 1.165) is 18.4 Å². The topological polar surface area (TPSA) is 145 Å². The Hall–Kier alpha value is -3.79. The van der Waals surface area contributed by atoms with Crippen LogP contribution in [0.2, 0.25) is 0 Å². The molecule has 3 amide bonds. The molecule has 0 atom stereocenters. The van der Waals surface area contributed by atoms with Crippen LogP contribution in [0, 0.1) is 6.92 Å². The summed E-state index contributed by atoms with van der Waals surface area (Å²) in [5.41, 5.74) is 5.44. The van der Waals surface area contributed by atoms with Gasteiger partial charge >= 0.3 is 0 Å². The number of amides is 3. The van der Waals surface area contributed by atoms with Crippen molar-refractivity contribution in [2.24, 2.45) is 0 Å². The Kier molecular flexibility index (Phi) is 22.9. The molecule has 11 nitrogen and oxygen atoms in total. The molecule has 50 heavy (non-hydrogen) atoms. The Morgan fingerprint density at radius 2 is 1.28 bits per heavy atom. The van der Waals surface area contributed by atoms with Gasteiger partial charge in [0.25, 0.3) is 11.8 Å². The molecular weight excluding hydrogens is 634 g/mol.